The van der Waals surface area contributed by atoms with Gasteiger partial charge < -0.3 is 10.1 Å². The number of thiazole rings is 1. The van der Waals surface area contributed by atoms with Crippen LogP contribution in [0.4, 0.5) is 10.9 Å². The highest BCUT2D eigenvalue weighted by molar-refractivity contribution is 7.17. The minimum absolute atomic E-state index is 0.326. The first-order valence-corrected chi connectivity index (χ1v) is 5.67. The van der Waals surface area contributed by atoms with E-state index in [0.717, 1.165) is 0 Å². The summed E-state index contributed by atoms with van der Waals surface area (Å²) in [6.45, 7) is 0. The van der Waals surface area contributed by atoms with Gasteiger partial charge >= 0.3 is 5.97 Å². The van der Waals surface area contributed by atoms with Crippen molar-refractivity contribution in [3.63, 3.8) is 0 Å². The maximum absolute atomic E-state index is 11.2. The predicted molar refractivity (Wildman–Crippen MR) is 63.8 cm³/mol. The number of rotatable bonds is 3. The van der Waals surface area contributed by atoms with Gasteiger partial charge in [-0.2, -0.15) is 0 Å². The van der Waals surface area contributed by atoms with Crippen molar-refractivity contribution in [2.75, 3.05) is 12.4 Å². The molecule has 0 saturated heterocycles. The second kappa shape index (κ2) is 5.07. The molecule has 8 heteroatoms. The second-order valence-corrected chi connectivity index (χ2v) is 4.29. The number of ether oxygens (including phenoxy) is 1. The van der Waals surface area contributed by atoms with E-state index < -0.39 is 5.97 Å². The zero-order valence-electron chi connectivity index (χ0n) is 8.68. The summed E-state index contributed by atoms with van der Waals surface area (Å²) in [6.07, 6.45) is 2.77. The number of hydrogen-bond acceptors (Lipinski definition) is 7. The van der Waals surface area contributed by atoms with Gasteiger partial charge in [-0.05, 0) is 0 Å². The maximum Gasteiger partial charge on any atom is 0.349 e. The molecule has 0 unspecified atom stereocenters. The molecule has 2 heterocycles. The largest absolute Gasteiger partial charge is 0.465 e. The first-order chi connectivity index (χ1) is 8.19. The number of carbonyl (C=O) groups is 1. The van der Waals surface area contributed by atoms with Crippen LogP contribution in [-0.4, -0.2) is 28.0 Å². The van der Waals surface area contributed by atoms with E-state index in [9.17, 15) is 4.79 Å². The van der Waals surface area contributed by atoms with Gasteiger partial charge in [0.05, 0.1) is 13.3 Å². The molecule has 2 aromatic rings. The van der Waals surface area contributed by atoms with Crippen LogP contribution in [0.2, 0.25) is 5.15 Å². The second-order valence-electron chi connectivity index (χ2n) is 2.87. The lowest BCUT2D eigenvalue weighted by Gasteiger charge is -1.99. The molecular formula is C9H7ClN4O2S. The SMILES string of the molecule is COC(=O)c1cnc(Nc2cc(Cl)ncn2)s1. The van der Waals surface area contributed by atoms with Crippen molar-refractivity contribution in [1.29, 1.82) is 0 Å². The number of methoxy groups -OCH3 is 1. The molecule has 0 aromatic carbocycles. The zero-order valence-corrected chi connectivity index (χ0v) is 10.2. The average molecular weight is 271 g/mol. The minimum Gasteiger partial charge on any atom is -0.465 e. The van der Waals surface area contributed by atoms with E-state index in [0.29, 0.717) is 21.0 Å². The summed E-state index contributed by atoms with van der Waals surface area (Å²) in [7, 11) is 1.32. The van der Waals surface area contributed by atoms with Gasteiger partial charge in [-0.3, -0.25) is 0 Å². The van der Waals surface area contributed by atoms with Crippen molar-refractivity contribution >= 4 is 39.9 Å². The van der Waals surface area contributed by atoms with E-state index in [4.69, 9.17) is 11.6 Å². The Morgan fingerprint density at radius 3 is 3.00 bits per heavy atom. The molecule has 0 bridgehead atoms. The molecule has 0 aliphatic rings. The van der Waals surface area contributed by atoms with E-state index in [2.05, 4.69) is 25.0 Å². The van der Waals surface area contributed by atoms with Crippen molar-refractivity contribution in [2.24, 2.45) is 0 Å². The Kier molecular flexibility index (Phi) is 3.50. The van der Waals surface area contributed by atoms with Crippen molar-refractivity contribution in [3.05, 3.63) is 28.6 Å². The van der Waals surface area contributed by atoms with E-state index >= 15 is 0 Å². The fourth-order valence-electron chi connectivity index (χ4n) is 1.04. The highest BCUT2D eigenvalue weighted by atomic mass is 35.5. The smallest absolute Gasteiger partial charge is 0.349 e. The average Bonchev–Trinajstić information content (AvgIpc) is 2.76. The number of carbonyl (C=O) groups excluding carboxylic acids is 1. The highest BCUT2D eigenvalue weighted by Gasteiger charge is 2.10. The molecule has 6 nitrogen and oxygen atoms in total. The summed E-state index contributed by atoms with van der Waals surface area (Å²) in [5.74, 6) is 0.0898. The van der Waals surface area contributed by atoms with Gasteiger partial charge in [-0.25, -0.2) is 19.7 Å². The number of nitrogens with one attached hydrogen (secondary N) is 1. The van der Waals surface area contributed by atoms with Crippen LogP contribution >= 0.6 is 22.9 Å². The lowest BCUT2D eigenvalue weighted by molar-refractivity contribution is 0.0606. The van der Waals surface area contributed by atoms with Crippen LogP contribution < -0.4 is 5.32 Å². The molecule has 2 aromatic heterocycles. The fraction of sp³-hybridized carbons (Fsp3) is 0.111. The third-order valence-electron chi connectivity index (χ3n) is 1.76. The molecule has 17 heavy (non-hydrogen) atoms. The van der Waals surface area contributed by atoms with Crippen LogP contribution in [0.1, 0.15) is 9.67 Å². The van der Waals surface area contributed by atoms with Crippen molar-refractivity contribution in [2.45, 2.75) is 0 Å². The number of esters is 1. The molecule has 0 amide bonds. The maximum atomic E-state index is 11.2. The number of hydrogen-bond donors (Lipinski definition) is 1. The van der Waals surface area contributed by atoms with Gasteiger partial charge in [0.15, 0.2) is 5.13 Å². The van der Waals surface area contributed by atoms with Gasteiger partial charge in [0, 0.05) is 6.07 Å². The Labute approximate surface area is 106 Å². The standard InChI is InChI=1S/C9H7ClN4O2S/c1-16-8(15)5-3-11-9(17-5)14-7-2-6(10)12-4-13-7/h2-4H,1H3,(H,11,12,13,14). The lowest BCUT2D eigenvalue weighted by atomic mass is 10.6. The molecule has 0 saturated carbocycles. The molecular weight excluding hydrogens is 264 g/mol. The molecule has 1 N–H and O–H groups in total. The molecule has 0 fully saturated rings. The topological polar surface area (TPSA) is 77.0 Å². The monoisotopic (exact) mass is 270 g/mol. The minimum atomic E-state index is -0.420. The van der Waals surface area contributed by atoms with Crippen LogP contribution in [0.15, 0.2) is 18.6 Å². The summed E-state index contributed by atoms with van der Waals surface area (Å²) >= 11 is 6.87. The Morgan fingerprint density at radius 1 is 1.47 bits per heavy atom. The molecule has 0 atom stereocenters. The number of aromatic nitrogens is 3. The van der Waals surface area contributed by atoms with Gasteiger partial charge in [-0.15, -0.1) is 0 Å². The third kappa shape index (κ3) is 2.89. The summed E-state index contributed by atoms with van der Waals surface area (Å²) in [4.78, 5) is 23.3. The predicted octanol–water partition coefficient (Wildman–Crippen LogP) is 2.12. The molecule has 88 valence electrons. The van der Waals surface area contributed by atoms with Crippen LogP contribution in [0.25, 0.3) is 0 Å². The van der Waals surface area contributed by atoms with Gasteiger partial charge in [-0.1, -0.05) is 22.9 Å². The number of halogens is 1. The number of anilines is 2. The first kappa shape index (κ1) is 11.7. The van der Waals surface area contributed by atoms with Crippen molar-refractivity contribution < 1.29 is 9.53 Å². The van der Waals surface area contributed by atoms with Crippen LogP contribution in [0, 0.1) is 0 Å². The molecule has 0 spiro atoms. The number of nitrogens with zero attached hydrogens (tertiary/aromatic N) is 3. The Morgan fingerprint density at radius 2 is 2.29 bits per heavy atom. The van der Waals surface area contributed by atoms with Crippen LogP contribution in [0.3, 0.4) is 0 Å². The molecule has 0 aliphatic heterocycles. The Balaban J connectivity index is 2.14. The zero-order chi connectivity index (χ0) is 12.3. The van der Waals surface area contributed by atoms with Crippen LogP contribution in [-0.2, 0) is 4.74 Å². The summed E-state index contributed by atoms with van der Waals surface area (Å²) < 4.78 is 4.58. The van der Waals surface area contributed by atoms with Crippen molar-refractivity contribution in [3.8, 4) is 0 Å². The van der Waals surface area contributed by atoms with E-state index in [1.54, 1.807) is 6.07 Å². The fourth-order valence-corrected chi connectivity index (χ4v) is 1.93. The lowest BCUT2D eigenvalue weighted by Crippen LogP contribution is -1.96. The Hall–Kier alpha value is -1.73. The van der Waals surface area contributed by atoms with Gasteiger partial charge in [0.2, 0.25) is 0 Å². The van der Waals surface area contributed by atoms with E-state index in [1.165, 1.54) is 31.0 Å². The normalized spacial score (nSPS) is 10.0. The molecule has 0 aliphatic carbocycles. The molecule has 2 rings (SSSR count). The molecule has 0 radical (unpaired) electrons. The third-order valence-corrected chi connectivity index (χ3v) is 2.86. The summed E-state index contributed by atoms with van der Waals surface area (Å²) in [6, 6.07) is 1.56. The summed E-state index contributed by atoms with van der Waals surface area (Å²) in [5, 5.41) is 3.76. The van der Waals surface area contributed by atoms with E-state index in [-0.39, 0.29) is 0 Å². The quantitative estimate of drug-likeness (QED) is 0.680. The Bertz CT molecular complexity index is 545. The van der Waals surface area contributed by atoms with Crippen LogP contribution in [0.5, 0.6) is 0 Å². The van der Waals surface area contributed by atoms with Gasteiger partial charge in [0.1, 0.15) is 22.2 Å². The van der Waals surface area contributed by atoms with Crippen molar-refractivity contribution in [1.82, 2.24) is 15.0 Å². The summed E-state index contributed by atoms with van der Waals surface area (Å²) in [5.41, 5.74) is 0. The first-order valence-electron chi connectivity index (χ1n) is 4.48. The van der Waals surface area contributed by atoms with E-state index in [1.807, 2.05) is 0 Å². The highest BCUT2D eigenvalue weighted by Crippen LogP contribution is 2.22. The van der Waals surface area contributed by atoms with Gasteiger partial charge in [0.25, 0.3) is 0 Å².